The van der Waals surface area contributed by atoms with Gasteiger partial charge in [0.1, 0.15) is 5.75 Å². The summed E-state index contributed by atoms with van der Waals surface area (Å²) in [5, 5.41) is 3.59. The van der Waals surface area contributed by atoms with Gasteiger partial charge in [-0.25, -0.2) is 0 Å². The number of halogens is 1. The Morgan fingerprint density at radius 3 is 2.79 bits per heavy atom. The van der Waals surface area contributed by atoms with Crippen molar-refractivity contribution in [3.05, 3.63) is 33.8 Å². The summed E-state index contributed by atoms with van der Waals surface area (Å²) in [5.41, 5.74) is 2.56. The largest absolute Gasteiger partial charge is 0.496 e. The highest BCUT2D eigenvalue weighted by molar-refractivity contribution is 9.10. The highest BCUT2D eigenvalue weighted by atomic mass is 79.9. The van der Waals surface area contributed by atoms with Crippen LogP contribution in [0.5, 0.6) is 5.75 Å². The van der Waals surface area contributed by atoms with Crippen molar-refractivity contribution in [3.8, 4) is 5.75 Å². The predicted octanol–water partition coefficient (Wildman–Crippen LogP) is 4.25. The summed E-state index contributed by atoms with van der Waals surface area (Å²) < 4.78 is 6.51. The summed E-state index contributed by atoms with van der Waals surface area (Å²) in [7, 11) is 1.72. The lowest BCUT2D eigenvalue weighted by atomic mass is 10.00. The van der Waals surface area contributed by atoms with E-state index in [4.69, 9.17) is 4.74 Å². The minimum absolute atomic E-state index is 0.537. The Morgan fingerprint density at radius 1 is 1.47 bits per heavy atom. The number of hydrogen-bond donors (Lipinski definition) is 1. The van der Waals surface area contributed by atoms with Crippen LogP contribution in [0.1, 0.15) is 32.3 Å². The Hall–Kier alpha value is -0.800. The van der Waals surface area contributed by atoms with Crippen LogP contribution in [0.25, 0.3) is 6.08 Å². The second-order valence-electron chi connectivity index (χ2n) is 5.42. The Labute approximate surface area is 124 Å². The van der Waals surface area contributed by atoms with Gasteiger partial charge in [-0.2, -0.15) is 0 Å². The van der Waals surface area contributed by atoms with Gasteiger partial charge in [0, 0.05) is 22.6 Å². The average molecular weight is 324 g/mol. The van der Waals surface area contributed by atoms with Gasteiger partial charge in [-0.15, -0.1) is 0 Å². The molecule has 3 heteroatoms. The van der Waals surface area contributed by atoms with E-state index in [9.17, 15) is 0 Å². The Morgan fingerprint density at radius 2 is 2.21 bits per heavy atom. The van der Waals surface area contributed by atoms with Gasteiger partial charge in [-0.1, -0.05) is 41.4 Å². The van der Waals surface area contributed by atoms with E-state index in [1.807, 2.05) is 12.1 Å². The Balaban J connectivity index is 2.20. The van der Waals surface area contributed by atoms with Crippen molar-refractivity contribution in [3.63, 3.8) is 0 Å². The van der Waals surface area contributed by atoms with Crippen molar-refractivity contribution in [2.24, 2.45) is 5.92 Å². The molecule has 1 aliphatic carbocycles. The molecule has 2 nitrogen and oxygen atoms in total. The first-order valence-corrected chi connectivity index (χ1v) is 7.67. The summed E-state index contributed by atoms with van der Waals surface area (Å²) in [6, 6.07) is 6.86. The second kappa shape index (κ2) is 6.58. The zero-order valence-electron chi connectivity index (χ0n) is 11.9. The van der Waals surface area contributed by atoms with E-state index in [2.05, 4.69) is 47.2 Å². The van der Waals surface area contributed by atoms with E-state index in [1.54, 1.807) is 7.11 Å². The SMILES string of the molecule is COc1ccc(Br)cc1C=C(CNC1CC1)C(C)C. The van der Waals surface area contributed by atoms with Gasteiger partial charge >= 0.3 is 0 Å². The van der Waals surface area contributed by atoms with Crippen LogP contribution in [0.4, 0.5) is 0 Å². The first kappa shape index (κ1) is 14.6. The fourth-order valence-electron chi connectivity index (χ4n) is 1.99. The van der Waals surface area contributed by atoms with Crippen molar-refractivity contribution in [2.45, 2.75) is 32.7 Å². The standard InChI is InChI=1S/C16H22BrNO/c1-11(2)13(10-18-15-5-6-15)8-12-9-14(17)4-7-16(12)19-3/h4,7-9,11,15,18H,5-6,10H2,1-3H3. The lowest BCUT2D eigenvalue weighted by molar-refractivity contribution is 0.413. The molecule has 0 saturated heterocycles. The molecule has 0 aliphatic heterocycles. The molecule has 1 saturated carbocycles. The van der Waals surface area contributed by atoms with E-state index in [0.717, 1.165) is 28.4 Å². The van der Waals surface area contributed by atoms with Crippen LogP contribution in [0.3, 0.4) is 0 Å². The van der Waals surface area contributed by atoms with Crippen LogP contribution in [-0.4, -0.2) is 19.7 Å². The summed E-state index contributed by atoms with van der Waals surface area (Å²) >= 11 is 3.52. The van der Waals surface area contributed by atoms with Crippen molar-refractivity contribution in [1.82, 2.24) is 5.32 Å². The lowest BCUT2D eigenvalue weighted by Gasteiger charge is -2.14. The van der Waals surface area contributed by atoms with Crippen molar-refractivity contribution >= 4 is 22.0 Å². The molecule has 1 aromatic carbocycles. The van der Waals surface area contributed by atoms with Crippen LogP contribution >= 0.6 is 15.9 Å². The molecule has 0 radical (unpaired) electrons. The molecule has 0 amide bonds. The van der Waals surface area contributed by atoms with E-state index >= 15 is 0 Å². The van der Waals surface area contributed by atoms with Gasteiger partial charge in [-0.3, -0.25) is 0 Å². The number of hydrogen-bond acceptors (Lipinski definition) is 2. The van der Waals surface area contributed by atoms with Gasteiger partial charge in [0.2, 0.25) is 0 Å². The molecule has 0 atom stereocenters. The molecule has 1 aliphatic rings. The number of ether oxygens (including phenoxy) is 1. The molecule has 1 fully saturated rings. The highest BCUT2D eigenvalue weighted by Crippen LogP contribution is 2.27. The first-order chi connectivity index (χ1) is 9.10. The van der Waals surface area contributed by atoms with E-state index in [1.165, 1.54) is 18.4 Å². The summed E-state index contributed by atoms with van der Waals surface area (Å²) in [6.07, 6.45) is 4.90. The van der Waals surface area contributed by atoms with Gasteiger partial charge in [-0.05, 0) is 37.0 Å². The predicted molar refractivity (Wildman–Crippen MR) is 84.5 cm³/mol. The molecule has 1 aromatic rings. The van der Waals surface area contributed by atoms with E-state index in [0.29, 0.717) is 5.92 Å². The van der Waals surface area contributed by atoms with Crippen molar-refractivity contribution < 1.29 is 4.74 Å². The maximum absolute atomic E-state index is 5.43. The summed E-state index contributed by atoms with van der Waals surface area (Å²) in [4.78, 5) is 0. The highest BCUT2D eigenvalue weighted by Gasteiger charge is 2.20. The first-order valence-electron chi connectivity index (χ1n) is 6.87. The number of nitrogens with one attached hydrogen (secondary N) is 1. The monoisotopic (exact) mass is 323 g/mol. The number of methoxy groups -OCH3 is 1. The Kier molecular flexibility index (Phi) is 5.06. The minimum Gasteiger partial charge on any atom is -0.496 e. The third kappa shape index (κ3) is 4.36. The molecular formula is C16H22BrNO. The van der Waals surface area contributed by atoms with Crippen LogP contribution < -0.4 is 10.1 Å². The third-order valence-electron chi connectivity index (χ3n) is 3.45. The number of rotatable bonds is 6. The normalized spacial score (nSPS) is 15.9. The second-order valence-corrected chi connectivity index (χ2v) is 6.33. The molecule has 1 N–H and O–H groups in total. The fourth-order valence-corrected chi connectivity index (χ4v) is 2.37. The van der Waals surface area contributed by atoms with E-state index in [-0.39, 0.29) is 0 Å². The molecular weight excluding hydrogens is 302 g/mol. The van der Waals surface area contributed by atoms with Crippen LogP contribution in [0.15, 0.2) is 28.2 Å². The zero-order valence-corrected chi connectivity index (χ0v) is 13.5. The van der Waals surface area contributed by atoms with E-state index < -0.39 is 0 Å². The topological polar surface area (TPSA) is 21.3 Å². The van der Waals surface area contributed by atoms with Gasteiger partial charge < -0.3 is 10.1 Å². The van der Waals surface area contributed by atoms with Crippen LogP contribution in [0, 0.1) is 5.92 Å². The molecule has 2 rings (SSSR count). The maximum atomic E-state index is 5.43. The molecule has 19 heavy (non-hydrogen) atoms. The Bertz CT molecular complexity index is 464. The van der Waals surface area contributed by atoms with Crippen molar-refractivity contribution in [1.29, 1.82) is 0 Å². The maximum Gasteiger partial charge on any atom is 0.126 e. The zero-order chi connectivity index (χ0) is 13.8. The fraction of sp³-hybridized carbons (Fsp3) is 0.500. The van der Waals surface area contributed by atoms with Gasteiger partial charge in [0.05, 0.1) is 7.11 Å². The molecule has 0 heterocycles. The summed E-state index contributed by atoms with van der Waals surface area (Å²) in [5.74, 6) is 1.46. The quantitative estimate of drug-likeness (QED) is 0.845. The van der Waals surface area contributed by atoms with Gasteiger partial charge in [0.15, 0.2) is 0 Å². The van der Waals surface area contributed by atoms with Crippen molar-refractivity contribution in [2.75, 3.05) is 13.7 Å². The third-order valence-corrected chi connectivity index (χ3v) is 3.94. The van der Waals surface area contributed by atoms with Gasteiger partial charge in [0.25, 0.3) is 0 Å². The van der Waals surface area contributed by atoms with Crippen LogP contribution in [0.2, 0.25) is 0 Å². The average Bonchev–Trinajstić information content (AvgIpc) is 3.18. The summed E-state index contributed by atoms with van der Waals surface area (Å²) in [6.45, 7) is 5.45. The molecule has 0 spiro atoms. The molecule has 0 unspecified atom stereocenters. The number of benzene rings is 1. The lowest BCUT2D eigenvalue weighted by Crippen LogP contribution is -2.21. The smallest absolute Gasteiger partial charge is 0.126 e. The van der Waals surface area contributed by atoms with Crippen LogP contribution in [-0.2, 0) is 0 Å². The molecule has 0 aromatic heterocycles. The molecule has 0 bridgehead atoms. The molecule has 104 valence electrons. The minimum atomic E-state index is 0.537.